The molecule has 4 nitrogen and oxygen atoms in total. The minimum Gasteiger partial charge on any atom is -0.497 e. The Balaban J connectivity index is 1.79. The van der Waals surface area contributed by atoms with Gasteiger partial charge >= 0.3 is 0 Å². The minimum atomic E-state index is -1.12. The fraction of sp³-hybridized carbons (Fsp3) is 0.350. The monoisotopic (exact) mass is 357 g/mol. The summed E-state index contributed by atoms with van der Waals surface area (Å²) in [6.07, 6.45) is 2.71. The molecule has 1 aliphatic rings. The van der Waals surface area contributed by atoms with Crippen molar-refractivity contribution in [2.24, 2.45) is 0 Å². The van der Waals surface area contributed by atoms with Crippen LogP contribution in [0.3, 0.4) is 0 Å². The van der Waals surface area contributed by atoms with Gasteiger partial charge in [0.1, 0.15) is 5.75 Å². The summed E-state index contributed by atoms with van der Waals surface area (Å²) >= 11 is 1.64. The second kappa shape index (κ2) is 7.93. The number of rotatable bonds is 5. The van der Waals surface area contributed by atoms with E-state index in [1.54, 1.807) is 23.8 Å². The lowest BCUT2D eigenvalue weighted by Gasteiger charge is -2.27. The second-order valence-corrected chi connectivity index (χ2v) is 7.02. The fourth-order valence-corrected chi connectivity index (χ4v) is 3.72. The van der Waals surface area contributed by atoms with Crippen molar-refractivity contribution in [3.8, 4) is 5.75 Å². The largest absolute Gasteiger partial charge is 0.497 e. The van der Waals surface area contributed by atoms with Crippen molar-refractivity contribution >= 4 is 17.7 Å². The number of hydrogen-bond donors (Lipinski definition) is 1. The first-order chi connectivity index (χ1) is 12.1. The summed E-state index contributed by atoms with van der Waals surface area (Å²) in [4.78, 5) is 15.8. The van der Waals surface area contributed by atoms with Crippen molar-refractivity contribution < 1.29 is 14.6 Å². The van der Waals surface area contributed by atoms with Gasteiger partial charge in [-0.25, -0.2) is 0 Å². The Hall–Kier alpha value is -1.98. The molecule has 2 atom stereocenters. The molecule has 0 spiro atoms. The molecule has 1 heterocycles. The third-order valence-corrected chi connectivity index (χ3v) is 5.42. The Morgan fingerprint density at radius 2 is 2.04 bits per heavy atom. The predicted octanol–water partition coefficient (Wildman–Crippen LogP) is 3.81. The van der Waals surface area contributed by atoms with Crippen molar-refractivity contribution in [2.75, 3.05) is 19.9 Å². The third kappa shape index (κ3) is 3.83. The average Bonchev–Trinajstić information content (AvgIpc) is 3.16. The molecule has 2 aromatic rings. The van der Waals surface area contributed by atoms with Crippen molar-refractivity contribution in [1.29, 1.82) is 0 Å². The fourth-order valence-electron chi connectivity index (χ4n) is 3.31. The van der Waals surface area contributed by atoms with Crippen LogP contribution in [0.4, 0.5) is 0 Å². The van der Waals surface area contributed by atoms with Gasteiger partial charge in [-0.3, -0.25) is 4.79 Å². The molecule has 0 saturated carbocycles. The number of ether oxygens (including phenoxy) is 1. The molecule has 1 saturated heterocycles. The molecule has 3 rings (SSSR count). The Kier molecular flexibility index (Phi) is 5.66. The van der Waals surface area contributed by atoms with Crippen LogP contribution in [-0.2, 0) is 4.79 Å². The number of amides is 1. The summed E-state index contributed by atoms with van der Waals surface area (Å²) in [6.45, 7) is 0.667. The van der Waals surface area contributed by atoms with E-state index >= 15 is 0 Å². The van der Waals surface area contributed by atoms with E-state index in [1.807, 2.05) is 54.8 Å². The molecule has 1 fully saturated rings. The summed E-state index contributed by atoms with van der Waals surface area (Å²) in [5, 5.41) is 10.6. The molecule has 1 amide bonds. The Morgan fingerprint density at radius 3 is 2.72 bits per heavy atom. The summed E-state index contributed by atoms with van der Waals surface area (Å²) in [5.41, 5.74) is 1.69. The number of nitrogens with zero attached hydrogens (tertiary/aromatic N) is 1. The maximum atomic E-state index is 12.9. The zero-order valence-electron chi connectivity index (χ0n) is 14.5. The molecule has 0 aromatic heterocycles. The second-order valence-electron chi connectivity index (χ2n) is 6.14. The number of likely N-dealkylation sites (tertiary alicyclic amines) is 1. The molecule has 2 aromatic carbocycles. The number of aliphatic hydroxyl groups is 1. The van der Waals surface area contributed by atoms with Crippen LogP contribution in [0.25, 0.3) is 0 Å². The van der Waals surface area contributed by atoms with Crippen molar-refractivity contribution in [1.82, 2.24) is 4.90 Å². The number of carbonyl (C=O) groups is 1. The normalized spacial score (nSPS) is 18.2. The highest BCUT2D eigenvalue weighted by Gasteiger charge is 2.34. The van der Waals surface area contributed by atoms with Gasteiger partial charge in [-0.1, -0.05) is 24.3 Å². The highest BCUT2D eigenvalue weighted by molar-refractivity contribution is 7.98. The predicted molar refractivity (Wildman–Crippen MR) is 99.9 cm³/mol. The topological polar surface area (TPSA) is 49.8 Å². The first kappa shape index (κ1) is 17.8. The molecule has 132 valence electrons. The number of benzene rings is 2. The first-order valence-corrected chi connectivity index (χ1v) is 9.63. The lowest BCUT2D eigenvalue weighted by atomic mass is 10.0. The number of methoxy groups -OCH3 is 1. The lowest BCUT2D eigenvalue weighted by molar-refractivity contribution is -0.141. The van der Waals surface area contributed by atoms with E-state index in [2.05, 4.69) is 0 Å². The maximum absolute atomic E-state index is 12.9. The lowest BCUT2D eigenvalue weighted by Crippen LogP contribution is -2.34. The van der Waals surface area contributed by atoms with Crippen LogP contribution in [0.15, 0.2) is 53.4 Å². The summed E-state index contributed by atoms with van der Waals surface area (Å²) < 4.78 is 5.29. The molecule has 25 heavy (non-hydrogen) atoms. The average molecular weight is 357 g/mol. The summed E-state index contributed by atoms with van der Waals surface area (Å²) in [5.74, 6) is 0.548. The first-order valence-electron chi connectivity index (χ1n) is 8.40. The highest BCUT2D eigenvalue weighted by atomic mass is 32.2. The third-order valence-electron chi connectivity index (χ3n) is 4.68. The SMILES string of the molecule is COc1cccc(C2CCCN2C(=O)C(O)c2ccc(SC)cc2)c1. The van der Waals surface area contributed by atoms with E-state index in [1.165, 1.54) is 0 Å². The van der Waals surface area contributed by atoms with Gasteiger partial charge in [-0.15, -0.1) is 11.8 Å². The van der Waals surface area contributed by atoms with E-state index in [-0.39, 0.29) is 11.9 Å². The van der Waals surface area contributed by atoms with Gasteiger partial charge in [-0.2, -0.15) is 0 Å². The molecule has 1 aliphatic heterocycles. The van der Waals surface area contributed by atoms with Crippen LogP contribution in [0.2, 0.25) is 0 Å². The van der Waals surface area contributed by atoms with Crippen LogP contribution in [0, 0.1) is 0 Å². The van der Waals surface area contributed by atoms with Gasteiger partial charge in [0.2, 0.25) is 0 Å². The van der Waals surface area contributed by atoms with Crippen LogP contribution in [-0.4, -0.2) is 35.8 Å². The highest BCUT2D eigenvalue weighted by Crippen LogP contribution is 2.35. The summed E-state index contributed by atoms with van der Waals surface area (Å²) in [6, 6.07) is 15.3. The van der Waals surface area contributed by atoms with Gasteiger partial charge in [0, 0.05) is 11.4 Å². The molecule has 1 N–H and O–H groups in total. The number of carbonyl (C=O) groups excluding carboxylic acids is 1. The molecule has 2 unspecified atom stereocenters. The van der Waals surface area contributed by atoms with Gasteiger partial charge in [0.25, 0.3) is 5.91 Å². The quantitative estimate of drug-likeness (QED) is 0.827. The van der Waals surface area contributed by atoms with E-state index < -0.39 is 6.10 Å². The number of hydrogen-bond acceptors (Lipinski definition) is 4. The van der Waals surface area contributed by atoms with Gasteiger partial charge in [-0.05, 0) is 54.5 Å². The van der Waals surface area contributed by atoms with Crippen molar-refractivity contribution in [3.63, 3.8) is 0 Å². The Morgan fingerprint density at radius 1 is 1.28 bits per heavy atom. The van der Waals surface area contributed by atoms with Crippen LogP contribution in [0.1, 0.15) is 36.1 Å². The van der Waals surface area contributed by atoms with Gasteiger partial charge in [0.15, 0.2) is 6.10 Å². The van der Waals surface area contributed by atoms with Crippen LogP contribution in [0.5, 0.6) is 5.75 Å². The Bertz CT molecular complexity index is 732. The summed E-state index contributed by atoms with van der Waals surface area (Å²) in [7, 11) is 1.64. The van der Waals surface area contributed by atoms with Crippen molar-refractivity contribution in [2.45, 2.75) is 29.9 Å². The minimum absolute atomic E-state index is 0.0114. The molecule has 5 heteroatoms. The maximum Gasteiger partial charge on any atom is 0.256 e. The smallest absolute Gasteiger partial charge is 0.256 e. The molecule has 0 aliphatic carbocycles. The standard InChI is InChI=1S/C20H23NO3S/c1-24-16-6-3-5-15(13-16)18-7-4-12-21(18)20(23)19(22)14-8-10-17(25-2)11-9-14/h3,5-6,8-11,13,18-19,22H,4,7,12H2,1-2H3. The zero-order valence-corrected chi connectivity index (χ0v) is 15.3. The van der Waals surface area contributed by atoms with Crippen LogP contribution >= 0.6 is 11.8 Å². The van der Waals surface area contributed by atoms with Gasteiger partial charge in [0.05, 0.1) is 13.2 Å². The van der Waals surface area contributed by atoms with E-state index in [0.29, 0.717) is 12.1 Å². The van der Waals surface area contributed by atoms with Crippen LogP contribution < -0.4 is 4.74 Å². The zero-order chi connectivity index (χ0) is 17.8. The molecule has 0 radical (unpaired) electrons. The van der Waals surface area contributed by atoms with Crippen molar-refractivity contribution in [3.05, 3.63) is 59.7 Å². The molecular formula is C20H23NO3S. The van der Waals surface area contributed by atoms with E-state index in [4.69, 9.17) is 4.74 Å². The molecular weight excluding hydrogens is 334 g/mol. The molecule has 0 bridgehead atoms. The van der Waals surface area contributed by atoms with Gasteiger partial charge < -0.3 is 14.7 Å². The Labute approximate surface area is 152 Å². The number of thioether (sulfide) groups is 1. The van der Waals surface area contributed by atoms with E-state index in [9.17, 15) is 9.90 Å². The number of aliphatic hydroxyl groups excluding tert-OH is 1. The van der Waals surface area contributed by atoms with E-state index in [0.717, 1.165) is 29.1 Å².